The molecule has 9 nitrogen and oxygen atoms in total. The molecule has 1 atom stereocenters. The van der Waals surface area contributed by atoms with Gasteiger partial charge in [-0.05, 0) is 43.7 Å². The fourth-order valence-electron chi connectivity index (χ4n) is 3.63. The Labute approximate surface area is 193 Å². The van der Waals surface area contributed by atoms with Crippen LogP contribution >= 0.6 is 0 Å². The van der Waals surface area contributed by atoms with Crippen molar-refractivity contribution in [1.29, 1.82) is 0 Å². The maximum absolute atomic E-state index is 13.2. The molecule has 2 aromatic rings. The molecule has 1 N–H and O–H groups in total. The number of nitrogens with zero attached hydrogens (tertiary/aromatic N) is 2. The third-order valence-corrected chi connectivity index (χ3v) is 7.31. The minimum Gasteiger partial charge on any atom is -0.497 e. The minimum atomic E-state index is -4.01. The molecule has 10 heteroatoms. The lowest BCUT2D eigenvalue weighted by Crippen LogP contribution is -2.48. The maximum Gasteiger partial charge on any atom is 0.269 e. The van der Waals surface area contributed by atoms with E-state index in [4.69, 9.17) is 4.74 Å². The second-order valence-electron chi connectivity index (χ2n) is 7.57. The number of ether oxygens (including phenoxy) is 1. The Bertz CT molecular complexity index is 1150. The molecule has 0 radical (unpaired) electrons. The van der Waals surface area contributed by atoms with Crippen LogP contribution in [-0.4, -0.2) is 61.6 Å². The smallest absolute Gasteiger partial charge is 0.269 e. The molecule has 176 valence electrons. The second kappa shape index (κ2) is 10.0. The number of carbonyl (C=O) groups excluding carboxylic acids is 3. The van der Waals surface area contributed by atoms with Crippen molar-refractivity contribution >= 4 is 27.7 Å². The summed E-state index contributed by atoms with van der Waals surface area (Å²) in [6.07, 6.45) is -0.251. The molecule has 1 unspecified atom stereocenters. The van der Waals surface area contributed by atoms with Gasteiger partial charge in [-0.2, -0.15) is 0 Å². The van der Waals surface area contributed by atoms with E-state index in [0.717, 1.165) is 9.87 Å². The van der Waals surface area contributed by atoms with Crippen molar-refractivity contribution in [2.75, 3.05) is 20.2 Å². The van der Waals surface area contributed by atoms with Gasteiger partial charge in [-0.1, -0.05) is 24.3 Å². The zero-order valence-corrected chi connectivity index (χ0v) is 19.6. The molecule has 1 aliphatic rings. The van der Waals surface area contributed by atoms with Gasteiger partial charge in [-0.15, -0.1) is 0 Å². The average Bonchev–Trinajstić information content (AvgIpc) is 3.01. The lowest BCUT2D eigenvalue weighted by molar-refractivity contribution is -0.140. The highest BCUT2D eigenvalue weighted by Crippen LogP contribution is 2.30. The summed E-state index contributed by atoms with van der Waals surface area (Å²) >= 11 is 0. The first kappa shape index (κ1) is 24.2. The van der Waals surface area contributed by atoms with Crippen molar-refractivity contribution in [2.24, 2.45) is 0 Å². The van der Waals surface area contributed by atoms with Crippen molar-refractivity contribution in [3.05, 3.63) is 59.7 Å². The van der Waals surface area contributed by atoms with Gasteiger partial charge < -0.3 is 15.0 Å². The van der Waals surface area contributed by atoms with Crippen molar-refractivity contribution in [3.63, 3.8) is 0 Å². The van der Waals surface area contributed by atoms with Crippen LogP contribution in [0.4, 0.5) is 0 Å². The predicted octanol–water partition coefficient (Wildman–Crippen LogP) is 1.78. The van der Waals surface area contributed by atoms with Crippen molar-refractivity contribution in [2.45, 2.75) is 37.8 Å². The average molecular weight is 474 g/mol. The number of hydrogen-bond acceptors (Lipinski definition) is 6. The van der Waals surface area contributed by atoms with Gasteiger partial charge in [0.25, 0.3) is 15.9 Å². The van der Waals surface area contributed by atoms with E-state index in [-0.39, 0.29) is 35.9 Å². The van der Waals surface area contributed by atoms with E-state index >= 15 is 0 Å². The number of fused-ring (bicyclic) bond motifs is 1. The Hall–Kier alpha value is -3.40. The van der Waals surface area contributed by atoms with Crippen LogP contribution in [0.15, 0.2) is 53.4 Å². The number of rotatable bonds is 9. The van der Waals surface area contributed by atoms with Crippen LogP contribution in [0.5, 0.6) is 5.75 Å². The number of amides is 3. The predicted molar refractivity (Wildman–Crippen MR) is 121 cm³/mol. The van der Waals surface area contributed by atoms with E-state index < -0.39 is 27.9 Å². The number of hydrogen-bond donors (Lipinski definition) is 1. The Morgan fingerprint density at radius 2 is 1.79 bits per heavy atom. The summed E-state index contributed by atoms with van der Waals surface area (Å²) in [5.41, 5.74) is 0.869. The van der Waals surface area contributed by atoms with Gasteiger partial charge in [0.2, 0.25) is 11.8 Å². The Balaban J connectivity index is 1.78. The molecule has 0 saturated heterocycles. The van der Waals surface area contributed by atoms with Gasteiger partial charge in [-0.25, -0.2) is 12.7 Å². The first-order valence-corrected chi connectivity index (χ1v) is 12.0. The fraction of sp³-hybridized carbons (Fsp3) is 0.348. The topological polar surface area (TPSA) is 113 Å². The highest BCUT2D eigenvalue weighted by Gasteiger charge is 2.41. The highest BCUT2D eigenvalue weighted by molar-refractivity contribution is 7.90. The summed E-state index contributed by atoms with van der Waals surface area (Å²) in [5.74, 6) is -0.761. The molecule has 2 aromatic carbocycles. The van der Waals surface area contributed by atoms with Gasteiger partial charge in [-0.3, -0.25) is 14.4 Å². The van der Waals surface area contributed by atoms with Crippen LogP contribution in [0.25, 0.3) is 0 Å². The van der Waals surface area contributed by atoms with Gasteiger partial charge in [0.05, 0.1) is 12.7 Å². The molecule has 0 aromatic heterocycles. The van der Waals surface area contributed by atoms with Crippen LogP contribution < -0.4 is 10.1 Å². The quantitative estimate of drug-likeness (QED) is 0.594. The molecule has 33 heavy (non-hydrogen) atoms. The van der Waals surface area contributed by atoms with Crippen LogP contribution in [0.1, 0.15) is 36.2 Å². The van der Waals surface area contributed by atoms with E-state index in [1.54, 1.807) is 57.4 Å². The van der Waals surface area contributed by atoms with E-state index in [9.17, 15) is 22.8 Å². The summed E-state index contributed by atoms with van der Waals surface area (Å²) in [6.45, 7) is 3.63. The summed E-state index contributed by atoms with van der Waals surface area (Å²) in [7, 11) is -2.46. The van der Waals surface area contributed by atoms with Crippen molar-refractivity contribution in [3.8, 4) is 5.75 Å². The first-order chi connectivity index (χ1) is 15.7. The fourth-order valence-corrected chi connectivity index (χ4v) is 5.19. The molecular formula is C23H27N3O6S. The molecule has 0 spiro atoms. The standard InChI is InChI=1S/C23H27N3O6S/c1-4-24-22(28)16(2)25(15-17-9-11-18(32-3)12-10-17)21(27)13-14-26-23(29)19-7-5-6-8-20(19)33(26,30)31/h5-12,16H,4,13-15H2,1-3H3,(H,24,28). The third-order valence-electron chi connectivity index (χ3n) is 5.47. The maximum atomic E-state index is 13.2. The Kier molecular flexibility index (Phi) is 7.37. The molecule has 1 aliphatic heterocycles. The SMILES string of the molecule is CCNC(=O)C(C)N(Cc1ccc(OC)cc1)C(=O)CCN1C(=O)c2ccccc2S1(=O)=O. The number of benzene rings is 2. The molecule has 0 fully saturated rings. The minimum absolute atomic E-state index is 0.0618. The van der Waals surface area contributed by atoms with E-state index in [1.165, 1.54) is 17.0 Å². The number of methoxy groups -OCH3 is 1. The number of carbonyl (C=O) groups is 3. The third kappa shape index (κ3) is 5.00. The molecular weight excluding hydrogens is 446 g/mol. The van der Waals surface area contributed by atoms with Gasteiger partial charge >= 0.3 is 0 Å². The van der Waals surface area contributed by atoms with Crippen LogP contribution in [0, 0.1) is 0 Å². The van der Waals surface area contributed by atoms with Gasteiger partial charge in [0.15, 0.2) is 0 Å². The Morgan fingerprint density at radius 3 is 2.39 bits per heavy atom. The number of likely N-dealkylation sites (N-methyl/N-ethyl adjacent to an activating group) is 1. The normalized spacial score (nSPS) is 15.0. The van der Waals surface area contributed by atoms with Crippen LogP contribution in [0.2, 0.25) is 0 Å². The summed E-state index contributed by atoms with van der Waals surface area (Å²) < 4.78 is 31.4. The van der Waals surface area contributed by atoms with Crippen LogP contribution in [0.3, 0.4) is 0 Å². The highest BCUT2D eigenvalue weighted by atomic mass is 32.2. The molecule has 3 rings (SSSR count). The van der Waals surface area contributed by atoms with Gasteiger partial charge in [0, 0.05) is 26.1 Å². The van der Waals surface area contributed by atoms with Crippen molar-refractivity contribution < 1.29 is 27.5 Å². The lowest BCUT2D eigenvalue weighted by Gasteiger charge is -2.29. The summed E-state index contributed by atoms with van der Waals surface area (Å²) in [4.78, 5) is 39.6. The zero-order chi connectivity index (χ0) is 24.2. The first-order valence-electron chi connectivity index (χ1n) is 10.6. The van der Waals surface area contributed by atoms with E-state index in [0.29, 0.717) is 12.3 Å². The molecule has 1 heterocycles. The zero-order valence-electron chi connectivity index (χ0n) is 18.8. The van der Waals surface area contributed by atoms with E-state index in [1.807, 2.05) is 0 Å². The number of sulfonamides is 1. The molecule has 3 amide bonds. The van der Waals surface area contributed by atoms with Gasteiger partial charge in [0.1, 0.15) is 16.7 Å². The lowest BCUT2D eigenvalue weighted by atomic mass is 10.1. The van der Waals surface area contributed by atoms with Crippen molar-refractivity contribution in [1.82, 2.24) is 14.5 Å². The summed E-state index contributed by atoms with van der Waals surface area (Å²) in [6, 6.07) is 12.2. The summed E-state index contributed by atoms with van der Waals surface area (Å²) in [5, 5.41) is 2.70. The number of nitrogens with one attached hydrogen (secondary N) is 1. The molecule has 0 aliphatic carbocycles. The van der Waals surface area contributed by atoms with Crippen LogP contribution in [-0.2, 0) is 26.2 Å². The largest absolute Gasteiger partial charge is 0.497 e. The molecule has 0 saturated carbocycles. The second-order valence-corrected chi connectivity index (χ2v) is 9.40. The monoisotopic (exact) mass is 473 g/mol. The molecule has 0 bridgehead atoms. The van der Waals surface area contributed by atoms with E-state index in [2.05, 4.69) is 5.32 Å². The Morgan fingerprint density at radius 1 is 1.12 bits per heavy atom.